The maximum absolute atomic E-state index is 10.5. The standard InChI is InChI=1S/C14H19BrO4/c1-17-12-7-11(15)13(18-2)6-10(12)14(16)9-4-3-5-19-8-9/h6-7,9,14,16H,3-5,8H2,1-2H3. The molecule has 1 heterocycles. The molecule has 1 fully saturated rings. The van der Waals surface area contributed by atoms with E-state index < -0.39 is 6.10 Å². The fourth-order valence-electron chi connectivity index (χ4n) is 2.38. The Morgan fingerprint density at radius 2 is 2.05 bits per heavy atom. The van der Waals surface area contributed by atoms with Gasteiger partial charge in [-0.15, -0.1) is 0 Å². The van der Waals surface area contributed by atoms with Gasteiger partial charge in [0.1, 0.15) is 11.5 Å². The number of rotatable bonds is 4. The zero-order valence-corrected chi connectivity index (χ0v) is 12.8. The average Bonchev–Trinajstić information content (AvgIpc) is 2.47. The summed E-state index contributed by atoms with van der Waals surface area (Å²) in [6.07, 6.45) is 1.35. The molecular formula is C14H19BrO4. The Kier molecular flexibility index (Phi) is 5.07. The summed E-state index contributed by atoms with van der Waals surface area (Å²) < 4.78 is 16.9. The first-order chi connectivity index (χ1) is 9.17. The lowest BCUT2D eigenvalue weighted by Crippen LogP contribution is -2.24. The summed E-state index contributed by atoms with van der Waals surface area (Å²) in [5.41, 5.74) is 0.748. The normalized spacial score (nSPS) is 20.9. The Morgan fingerprint density at radius 3 is 2.63 bits per heavy atom. The first-order valence-electron chi connectivity index (χ1n) is 6.34. The summed E-state index contributed by atoms with van der Waals surface area (Å²) in [6.45, 7) is 1.37. The largest absolute Gasteiger partial charge is 0.496 e. The van der Waals surface area contributed by atoms with E-state index in [4.69, 9.17) is 14.2 Å². The first-order valence-corrected chi connectivity index (χ1v) is 7.14. The minimum absolute atomic E-state index is 0.105. The van der Waals surface area contributed by atoms with Crippen LogP contribution < -0.4 is 9.47 Å². The maximum Gasteiger partial charge on any atom is 0.133 e. The molecule has 1 aliphatic heterocycles. The molecule has 1 aliphatic rings. The fraction of sp³-hybridized carbons (Fsp3) is 0.571. The van der Waals surface area contributed by atoms with Gasteiger partial charge in [0, 0.05) is 18.1 Å². The van der Waals surface area contributed by atoms with Crippen LogP contribution in [0.1, 0.15) is 24.5 Å². The van der Waals surface area contributed by atoms with Gasteiger partial charge >= 0.3 is 0 Å². The highest BCUT2D eigenvalue weighted by atomic mass is 79.9. The Bertz CT molecular complexity index is 430. The Balaban J connectivity index is 2.30. The molecule has 5 heteroatoms. The van der Waals surface area contributed by atoms with Gasteiger partial charge in [-0.2, -0.15) is 0 Å². The third-order valence-corrected chi connectivity index (χ3v) is 4.08. The lowest BCUT2D eigenvalue weighted by Gasteiger charge is -2.28. The van der Waals surface area contributed by atoms with Crippen molar-refractivity contribution < 1.29 is 19.3 Å². The zero-order valence-electron chi connectivity index (χ0n) is 11.2. The molecule has 0 aromatic heterocycles. The van der Waals surface area contributed by atoms with E-state index in [0.717, 1.165) is 29.5 Å². The van der Waals surface area contributed by atoms with Gasteiger partial charge in [0.25, 0.3) is 0 Å². The van der Waals surface area contributed by atoms with Crippen molar-refractivity contribution in [3.8, 4) is 11.5 Å². The second-order valence-electron chi connectivity index (χ2n) is 4.65. The topological polar surface area (TPSA) is 47.9 Å². The van der Waals surface area contributed by atoms with Gasteiger partial charge in [-0.1, -0.05) is 0 Å². The summed E-state index contributed by atoms with van der Waals surface area (Å²) in [7, 11) is 3.20. The molecule has 0 aliphatic carbocycles. The number of aliphatic hydroxyl groups is 1. The first kappa shape index (κ1) is 14.6. The van der Waals surface area contributed by atoms with Crippen LogP contribution in [0.4, 0.5) is 0 Å². The maximum atomic E-state index is 10.5. The summed E-state index contributed by atoms with van der Waals surface area (Å²) in [5, 5.41) is 10.5. The van der Waals surface area contributed by atoms with E-state index in [1.54, 1.807) is 14.2 Å². The zero-order chi connectivity index (χ0) is 13.8. The van der Waals surface area contributed by atoms with Crippen LogP contribution in [0.15, 0.2) is 16.6 Å². The Hall–Kier alpha value is -0.780. The number of hydrogen-bond donors (Lipinski definition) is 1. The van der Waals surface area contributed by atoms with Crippen LogP contribution in [0.2, 0.25) is 0 Å². The van der Waals surface area contributed by atoms with E-state index in [-0.39, 0.29) is 5.92 Å². The summed E-state index contributed by atoms with van der Waals surface area (Å²) in [6, 6.07) is 3.64. The minimum Gasteiger partial charge on any atom is -0.496 e. The predicted molar refractivity (Wildman–Crippen MR) is 75.7 cm³/mol. The second kappa shape index (κ2) is 6.59. The number of hydrogen-bond acceptors (Lipinski definition) is 4. The fourth-order valence-corrected chi connectivity index (χ4v) is 2.87. The van der Waals surface area contributed by atoms with Crippen molar-refractivity contribution in [2.75, 3.05) is 27.4 Å². The van der Waals surface area contributed by atoms with Gasteiger partial charge < -0.3 is 19.3 Å². The molecule has 2 rings (SSSR count). The highest BCUT2D eigenvalue weighted by Crippen LogP contribution is 2.39. The van der Waals surface area contributed by atoms with Crippen molar-refractivity contribution in [3.05, 3.63) is 22.2 Å². The summed E-state index contributed by atoms with van der Waals surface area (Å²) >= 11 is 3.42. The number of aliphatic hydroxyl groups excluding tert-OH is 1. The van der Waals surface area contributed by atoms with Crippen LogP contribution in [0, 0.1) is 5.92 Å². The van der Waals surface area contributed by atoms with E-state index in [9.17, 15) is 5.11 Å². The van der Waals surface area contributed by atoms with E-state index >= 15 is 0 Å². The smallest absolute Gasteiger partial charge is 0.133 e. The predicted octanol–water partition coefficient (Wildman–Crippen LogP) is 2.93. The highest BCUT2D eigenvalue weighted by molar-refractivity contribution is 9.10. The van der Waals surface area contributed by atoms with Gasteiger partial charge in [0.15, 0.2) is 0 Å². The molecule has 2 atom stereocenters. The molecule has 106 valence electrons. The van der Waals surface area contributed by atoms with Crippen molar-refractivity contribution in [1.82, 2.24) is 0 Å². The SMILES string of the molecule is COc1cc(C(O)C2CCCOC2)c(OC)cc1Br. The summed E-state index contributed by atoms with van der Waals surface area (Å²) in [4.78, 5) is 0. The monoisotopic (exact) mass is 330 g/mol. The third kappa shape index (κ3) is 3.22. The quantitative estimate of drug-likeness (QED) is 0.922. The molecule has 2 unspecified atom stereocenters. The third-order valence-electron chi connectivity index (χ3n) is 3.46. The van der Waals surface area contributed by atoms with Crippen LogP contribution in [-0.2, 0) is 4.74 Å². The van der Waals surface area contributed by atoms with Gasteiger partial charge in [-0.05, 0) is 40.9 Å². The molecule has 19 heavy (non-hydrogen) atoms. The molecule has 0 amide bonds. The lowest BCUT2D eigenvalue weighted by molar-refractivity contribution is -0.0108. The van der Waals surface area contributed by atoms with Crippen molar-refractivity contribution in [2.45, 2.75) is 18.9 Å². The van der Waals surface area contributed by atoms with Crippen molar-refractivity contribution >= 4 is 15.9 Å². The molecule has 4 nitrogen and oxygen atoms in total. The minimum atomic E-state index is -0.600. The molecule has 1 N–H and O–H groups in total. The van der Waals surface area contributed by atoms with Gasteiger partial charge in [-0.25, -0.2) is 0 Å². The molecule has 1 saturated heterocycles. The van der Waals surface area contributed by atoms with Crippen LogP contribution in [0.25, 0.3) is 0 Å². The molecule has 1 aromatic rings. The molecule has 0 spiro atoms. The van der Waals surface area contributed by atoms with Crippen LogP contribution in [0.5, 0.6) is 11.5 Å². The Labute approximate surface area is 121 Å². The van der Waals surface area contributed by atoms with Gasteiger partial charge in [-0.3, -0.25) is 0 Å². The van der Waals surface area contributed by atoms with E-state index in [2.05, 4.69) is 15.9 Å². The van der Waals surface area contributed by atoms with Crippen LogP contribution in [-0.4, -0.2) is 32.5 Å². The van der Waals surface area contributed by atoms with Crippen molar-refractivity contribution in [2.24, 2.45) is 5.92 Å². The molecular weight excluding hydrogens is 312 g/mol. The second-order valence-corrected chi connectivity index (χ2v) is 5.51. The van der Waals surface area contributed by atoms with E-state index in [1.165, 1.54) is 0 Å². The van der Waals surface area contributed by atoms with E-state index in [0.29, 0.717) is 18.1 Å². The molecule has 0 radical (unpaired) electrons. The van der Waals surface area contributed by atoms with E-state index in [1.807, 2.05) is 12.1 Å². The number of benzene rings is 1. The number of halogens is 1. The molecule has 1 aromatic carbocycles. The van der Waals surface area contributed by atoms with Gasteiger partial charge in [0.2, 0.25) is 0 Å². The summed E-state index contributed by atoms with van der Waals surface area (Å²) in [5.74, 6) is 1.45. The molecule has 0 bridgehead atoms. The molecule has 0 saturated carbocycles. The van der Waals surface area contributed by atoms with Gasteiger partial charge in [0.05, 0.1) is 31.4 Å². The van der Waals surface area contributed by atoms with Crippen LogP contribution >= 0.6 is 15.9 Å². The lowest BCUT2D eigenvalue weighted by atomic mass is 9.90. The Morgan fingerprint density at radius 1 is 1.32 bits per heavy atom. The van der Waals surface area contributed by atoms with Crippen LogP contribution in [0.3, 0.4) is 0 Å². The van der Waals surface area contributed by atoms with Crippen molar-refractivity contribution in [1.29, 1.82) is 0 Å². The highest BCUT2D eigenvalue weighted by Gasteiger charge is 2.27. The number of ether oxygens (including phenoxy) is 3. The average molecular weight is 331 g/mol. The number of methoxy groups -OCH3 is 2. The van der Waals surface area contributed by atoms with Crippen molar-refractivity contribution in [3.63, 3.8) is 0 Å².